The van der Waals surface area contributed by atoms with Crippen LogP contribution in [0.25, 0.3) is 0 Å². The van der Waals surface area contributed by atoms with E-state index in [-0.39, 0.29) is 5.82 Å². The van der Waals surface area contributed by atoms with Gasteiger partial charge in [0.25, 0.3) is 0 Å². The van der Waals surface area contributed by atoms with Gasteiger partial charge in [-0.25, -0.2) is 8.78 Å². The minimum atomic E-state index is -0.536. The molecule has 0 radical (unpaired) electrons. The van der Waals surface area contributed by atoms with Crippen molar-refractivity contribution in [3.8, 4) is 0 Å². The van der Waals surface area contributed by atoms with E-state index in [1.54, 1.807) is 12.1 Å². The van der Waals surface area contributed by atoms with Crippen molar-refractivity contribution >= 4 is 15.9 Å². The van der Waals surface area contributed by atoms with Gasteiger partial charge in [0.15, 0.2) is 0 Å². The third-order valence-corrected chi connectivity index (χ3v) is 3.56. The fraction of sp³-hybridized carbons (Fsp3) is 0.154. The summed E-state index contributed by atoms with van der Waals surface area (Å²) in [6.07, 6.45) is 2.95. The van der Waals surface area contributed by atoms with Gasteiger partial charge in [-0.1, -0.05) is 12.1 Å². The Morgan fingerprint density at radius 1 is 1.22 bits per heavy atom. The van der Waals surface area contributed by atoms with Gasteiger partial charge in [0, 0.05) is 17.8 Å². The minimum absolute atomic E-state index is 0.347. The first-order chi connectivity index (χ1) is 8.59. The van der Waals surface area contributed by atoms with Gasteiger partial charge in [0.2, 0.25) is 0 Å². The van der Waals surface area contributed by atoms with E-state index in [0.717, 1.165) is 6.20 Å². The first-order valence-corrected chi connectivity index (χ1v) is 6.16. The fourth-order valence-electron chi connectivity index (χ4n) is 1.74. The van der Waals surface area contributed by atoms with E-state index in [0.29, 0.717) is 22.0 Å². The molecule has 2 N–H and O–H groups in total. The van der Waals surface area contributed by atoms with Gasteiger partial charge in [-0.05, 0) is 40.0 Å². The highest BCUT2D eigenvalue weighted by molar-refractivity contribution is 9.10. The Labute approximate surface area is 112 Å². The number of nitrogens with two attached hydrogens (primary N) is 1. The van der Waals surface area contributed by atoms with Gasteiger partial charge in [-0.2, -0.15) is 0 Å². The van der Waals surface area contributed by atoms with Gasteiger partial charge in [-0.3, -0.25) is 4.98 Å². The van der Waals surface area contributed by atoms with Gasteiger partial charge < -0.3 is 5.73 Å². The number of benzene rings is 1. The molecule has 5 heteroatoms. The zero-order valence-electron chi connectivity index (χ0n) is 9.41. The van der Waals surface area contributed by atoms with Gasteiger partial charge >= 0.3 is 0 Å². The van der Waals surface area contributed by atoms with Crippen molar-refractivity contribution in [1.82, 2.24) is 4.98 Å². The number of hydrogen-bond acceptors (Lipinski definition) is 2. The summed E-state index contributed by atoms with van der Waals surface area (Å²) in [6, 6.07) is 5.71. The molecule has 0 amide bonds. The molecule has 0 aliphatic carbocycles. The second-order valence-corrected chi connectivity index (χ2v) is 4.71. The number of nitrogens with zero attached hydrogens (tertiary/aromatic N) is 1. The van der Waals surface area contributed by atoms with Crippen LogP contribution in [0.1, 0.15) is 17.2 Å². The Hall–Kier alpha value is -1.33. The van der Waals surface area contributed by atoms with Crippen LogP contribution in [0.2, 0.25) is 0 Å². The Morgan fingerprint density at radius 3 is 2.72 bits per heavy atom. The van der Waals surface area contributed by atoms with E-state index in [2.05, 4.69) is 20.9 Å². The van der Waals surface area contributed by atoms with Crippen LogP contribution < -0.4 is 5.73 Å². The molecule has 0 aliphatic rings. The van der Waals surface area contributed by atoms with E-state index in [1.165, 1.54) is 18.3 Å². The van der Waals surface area contributed by atoms with Crippen LogP contribution in [0.5, 0.6) is 0 Å². The molecule has 2 nitrogen and oxygen atoms in total. The molecule has 0 bridgehead atoms. The summed E-state index contributed by atoms with van der Waals surface area (Å²) in [5.74, 6) is -0.799. The standard InChI is InChI=1S/C13H11BrF2N2/c14-13-8(2-1-3-10(13)15)6-12(17)9-4-5-18-7-11(9)16/h1-5,7,12H,6,17H2. The summed E-state index contributed by atoms with van der Waals surface area (Å²) in [7, 11) is 0. The first kappa shape index (κ1) is 13.1. The maximum Gasteiger partial charge on any atom is 0.146 e. The smallest absolute Gasteiger partial charge is 0.146 e. The molecular formula is C13H11BrF2N2. The molecule has 0 aliphatic heterocycles. The SMILES string of the molecule is NC(Cc1cccc(F)c1Br)c1ccncc1F. The van der Waals surface area contributed by atoms with Crippen LogP contribution in [-0.4, -0.2) is 4.98 Å². The zero-order valence-corrected chi connectivity index (χ0v) is 11.0. The highest BCUT2D eigenvalue weighted by Crippen LogP contribution is 2.25. The van der Waals surface area contributed by atoms with Crippen molar-refractivity contribution in [2.45, 2.75) is 12.5 Å². The second-order valence-electron chi connectivity index (χ2n) is 3.92. The number of pyridine rings is 1. The predicted octanol–water partition coefficient (Wildman–Crippen LogP) is 3.36. The summed E-state index contributed by atoms with van der Waals surface area (Å²) >= 11 is 3.16. The molecule has 1 atom stereocenters. The molecule has 1 heterocycles. The monoisotopic (exact) mass is 312 g/mol. The van der Waals surface area contributed by atoms with Crippen LogP contribution >= 0.6 is 15.9 Å². The Kier molecular flexibility index (Phi) is 4.04. The van der Waals surface area contributed by atoms with Gasteiger partial charge in [0.05, 0.1) is 10.7 Å². The molecule has 18 heavy (non-hydrogen) atoms. The van der Waals surface area contributed by atoms with Crippen molar-refractivity contribution in [1.29, 1.82) is 0 Å². The molecule has 0 fully saturated rings. The maximum atomic E-state index is 13.5. The number of rotatable bonds is 3. The number of hydrogen-bond donors (Lipinski definition) is 1. The lowest BCUT2D eigenvalue weighted by atomic mass is 10.0. The van der Waals surface area contributed by atoms with Crippen LogP contribution in [-0.2, 0) is 6.42 Å². The molecule has 1 aromatic carbocycles. The zero-order chi connectivity index (χ0) is 13.1. The third kappa shape index (κ3) is 2.73. The third-order valence-electron chi connectivity index (χ3n) is 2.67. The summed E-state index contributed by atoms with van der Waals surface area (Å²) in [4.78, 5) is 3.67. The van der Waals surface area contributed by atoms with Crippen molar-refractivity contribution in [2.24, 2.45) is 5.73 Å². The summed E-state index contributed by atoms with van der Waals surface area (Å²) in [5.41, 5.74) is 7.02. The minimum Gasteiger partial charge on any atom is -0.324 e. The average molecular weight is 313 g/mol. The van der Waals surface area contributed by atoms with Crippen molar-refractivity contribution in [3.05, 3.63) is 63.9 Å². The second kappa shape index (κ2) is 5.54. The number of aromatic nitrogens is 1. The molecule has 1 aromatic heterocycles. The largest absolute Gasteiger partial charge is 0.324 e. The van der Waals surface area contributed by atoms with Crippen LogP contribution in [0.15, 0.2) is 41.1 Å². The summed E-state index contributed by atoms with van der Waals surface area (Å²) in [6.45, 7) is 0. The Bertz CT molecular complexity index is 560. The predicted molar refractivity (Wildman–Crippen MR) is 68.9 cm³/mol. The van der Waals surface area contributed by atoms with Crippen molar-refractivity contribution in [3.63, 3.8) is 0 Å². The first-order valence-electron chi connectivity index (χ1n) is 5.37. The van der Waals surface area contributed by atoms with Gasteiger partial charge in [-0.15, -0.1) is 0 Å². The fourth-order valence-corrected chi connectivity index (χ4v) is 2.17. The van der Waals surface area contributed by atoms with Crippen molar-refractivity contribution in [2.75, 3.05) is 0 Å². The highest BCUT2D eigenvalue weighted by Gasteiger charge is 2.14. The van der Waals surface area contributed by atoms with E-state index in [4.69, 9.17) is 5.73 Å². The lowest BCUT2D eigenvalue weighted by Gasteiger charge is -2.14. The quantitative estimate of drug-likeness (QED) is 0.943. The molecule has 0 saturated heterocycles. The van der Waals surface area contributed by atoms with E-state index < -0.39 is 11.9 Å². The summed E-state index contributed by atoms with van der Waals surface area (Å²) in [5, 5.41) is 0. The van der Waals surface area contributed by atoms with Crippen LogP contribution in [0, 0.1) is 11.6 Å². The average Bonchev–Trinajstić information content (AvgIpc) is 2.35. The number of halogens is 3. The van der Waals surface area contributed by atoms with E-state index in [9.17, 15) is 8.78 Å². The lowest BCUT2D eigenvalue weighted by Crippen LogP contribution is -2.15. The normalized spacial score (nSPS) is 12.4. The Morgan fingerprint density at radius 2 is 2.00 bits per heavy atom. The molecular weight excluding hydrogens is 302 g/mol. The lowest BCUT2D eigenvalue weighted by molar-refractivity contribution is 0.572. The topological polar surface area (TPSA) is 38.9 Å². The molecule has 0 saturated carbocycles. The van der Waals surface area contributed by atoms with Crippen LogP contribution in [0.4, 0.5) is 8.78 Å². The van der Waals surface area contributed by atoms with Crippen LogP contribution in [0.3, 0.4) is 0 Å². The molecule has 2 rings (SSSR count). The Balaban J connectivity index is 2.24. The summed E-state index contributed by atoms with van der Waals surface area (Å²) < 4.78 is 27.2. The van der Waals surface area contributed by atoms with E-state index >= 15 is 0 Å². The highest BCUT2D eigenvalue weighted by atomic mass is 79.9. The molecule has 94 valence electrons. The van der Waals surface area contributed by atoms with Crippen molar-refractivity contribution < 1.29 is 8.78 Å². The molecule has 2 aromatic rings. The van der Waals surface area contributed by atoms with E-state index in [1.807, 2.05) is 0 Å². The van der Waals surface area contributed by atoms with Gasteiger partial charge in [0.1, 0.15) is 11.6 Å². The molecule has 1 unspecified atom stereocenters. The maximum absolute atomic E-state index is 13.5. The molecule has 0 spiro atoms.